The number of amides is 2. The van der Waals surface area contributed by atoms with Crippen molar-refractivity contribution in [3.8, 4) is 17.2 Å². The molecule has 37 heavy (non-hydrogen) atoms. The quantitative estimate of drug-likeness (QED) is 0.115. The second-order valence-electron chi connectivity index (χ2n) is 7.62. The number of esters is 1. The highest BCUT2D eigenvalue weighted by Gasteiger charge is 2.36. The third-order valence-electron chi connectivity index (χ3n) is 5.32. The number of thioether (sulfide) groups is 1. The van der Waals surface area contributed by atoms with Crippen LogP contribution < -0.4 is 14.2 Å². The van der Waals surface area contributed by atoms with Gasteiger partial charge in [0.2, 0.25) is 0 Å². The zero-order valence-electron chi connectivity index (χ0n) is 19.4. The van der Waals surface area contributed by atoms with Gasteiger partial charge in [0.25, 0.3) is 11.1 Å². The molecule has 0 aliphatic carbocycles. The van der Waals surface area contributed by atoms with Crippen molar-refractivity contribution in [1.82, 2.24) is 4.90 Å². The summed E-state index contributed by atoms with van der Waals surface area (Å²) in [4.78, 5) is 39.6. The second-order valence-corrected chi connectivity index (χ2v) is 10.6. The molecule has 0 radical (unpaired) electrons. The minimum absolute atomic E-state index is 0.0401. The van der Waals surface area contributed by atoms with Crippen molar-refractivity contribution in [3.63, 3.8) is 0 Å². The summed E-state index contributed by atoms with van der Waals surface area (Å²) in [7, 11) is 2.98. The summed E-state index contributed by atoms with van der Waals surface area (Å²) >= 11 is 15.3. The van der Waals surface area contributed by atoms with Crippen LogP contribution in [0.15, 0.2) is 59.5 Å². The number of hydrogen-bond donors (Lipinski definition) is 0. The number of benzene rings is 3. The van der Waals surface area contributed by atoms with E-state index in [9.17, 15) is 14.4 Å². The van der Waals surface area contributed by atoms with Crippen molar-refractivity contribution in [2.45, 2.75) is 6.54 Å². The molecule has 0 aromatic heterocycles. The van der Waals surface area contributed by atoms with Crippen LogP contribution in [0.2, 0.25) is 10.0 Å². The van der Waals surface area contributed by atoms with Gasteiger partial charge in [0.1, 0.15) is 5.75 Å². The van der Waals surface area contributed by atoms with Crippen molar-refractivity contribution < 1.29 is 28.6 Å². The summed E-state index contributed by atoms with van der Waals surface area (Å²) in [5, 5.41) is 0.308. The molecule has 0 spiro atoms. The highest BCUT2D eigenvalue weighted by molar-refractivity contribution is 14.1. The van der Waals surface area contributed by atoms with Crippen LogP contribution in [0.1, 0.15) is 21.5 Å². The number of rotatable bonds is 7. The van der Waals surface area contributed by atoms with E-state index in [1.807, 2.05) is 22.6 Å². The lowest BCUT2D eigenvalue weighted by molar-refractivity contribution is -0.123. The average molecular weight is 670 g/mol. The Hall–Kier alpha value is -2.73. The van der Waals surface area contributed by atoms with Crippen molar-refractivity contribution in [1.29, 1.82) is 0 Å². The van der Waals surface area contributed by atoms with E-state index in [2.05, 4.69) is 0 Å². The van der Waals surface area contributed by atoms with E-state index in [-0.39, 0.29) is 17.2 Å². The van der Waals surface area contributed by atoms with Crippen molar-refractivity contribution in [3.05, 3.63) is 89.8 Å². The van der Waals surface area contributed by atoms with Gasteiger partial charge in [-0.05, 0) is 94.5 Å². The Labute approximate surface area is 240 Å². The largest absolute Gasteiger partial charge is 0.497 e. The molecule has 3 aromatic rings. The lowest BCUT2D eigenvalue weighted by atomic mass is 10.1. The van der Waals surface area contributed by atoms with Crippen LogP contribution in [0.5, 0.6) is 17.2 Å². The standard InChI is InChI=1S/C26H18Cl2INO6S/c1-34-16-8-6-15(7-9-16)25(32)36-23-20(29)10-14(11-21(23)35-2)12-22-24(31)30(26(33)37-22)13-17-18(27)4-3-5-19(17)28/h3-12H,13H2,1-2H3/b22-12-. The van der Waals surface area contributed by atoms with E-state index in [0.29, 0.717) is 41.8 Å². The van der Waals surface area contributed by atoms with Gasteiger partial charge in [-0.2, -0.15) is 0 Å². The van der Waals surface area contributed by atoms with E-state index in [1.165, 1.54) is 14.2 Å². The first-order chi connectivity index (χ1) is 17.7. The van der Waals surface area contributed by atoms with Crippen molar-refractivity contribution in [2.75, 3.05) is 14.2 Å². The number of carbonyl (C=O) groups is 3. The summed E-state index contributed by atoms with van der Waals surface area (Å²) in [5.41, 5.74) is 1.43. The van der Waals surface area contributed by atoms with Gasteiger partial charge in [0.05, 0.1) is 34.8 Å². The van der Waals surface area contributed by atoms with E-state index >= 15 is 0 Å². The fourth-order valence-corrected chi connectivity index (χ4v) is 5.52. The maximum absolute atomic E-state index is 13.0. The van der Waals surface area contributed by atoms with Gasteiger partial charge in [-0.1, -0.05) is 29.3 Å². The number of ether oxygens (including phenoxy) is 3. The number of methoxy groups -OCH3 is 2. The van der Waals surface area contributed by atoms with E-state index in [1.54, 1.807) is 60.7 Å². The molecule has 7 nitrogen and oxygen atoms in total. The van der Waals surface area contributed by atoms with Crippen molar-refractivity contribution in [2.24, 2.45) is 0 Å². The molecule has 4 rings (SSSR count). The van der Waals surface area contributed by atoms with Gasteiger partial charge >= 0.3 is 5.97 Å². The summed E-state index contributed by atoms with van der Waals surface area (Å²) in [5.74, 6) is 0.123. The van der Waals surface area contributed by atoms with E-state index < -0.39 is 17.1 Å². The third-order valence-corrected chi connectivity index (χ3v) is 7.74. The Morgan fingerprint density at radius 2 is 1.70 bits per heavy atom. The second kappa shape index (κ2) is 11.8. The molecule has 11 heteroatoms. The molecule has 1 heterocycles. The molecule has 0 atom stereocenters. The predicted octanol–water partition coefficient (Wildman–Crippen LogP) is 7.07. The van der Waals surface area contributed by atoms with Crippen LogP contribution in [-0.4, -0.2) is 36.2 Å². The van der Waals surface area contributed by atoms with Crippen LogP contribution in [-0.2, 0) is 11.3 Å². The van der Waals surface area contributed by atoms with Crippen molar-refractivity contribution >= 4 is 80.7 Å². The average Bonchev–Trinajstić information content (AvgIpc) is 3.14. The highest BCUT2D eigenvalue weighted by Crippen LogP contribution is 2.39. The molecule has 2 amide bonds. The Kier molecular flexibility index (Phi) is 8.68. The molecular weight excluding hydrogens is 652 g/mol. The first-order valence-corrected chi connectivity index (χ1v) is 13.3. The first kappa shape index (κ1) is 27.3. The topological polar surface area (TPSA) is 82.1 Å². The lowest BCUT2D eigenvalue weighted by Crippen LogP contribution is -2.27. The Balaban J connectivity index is 1.56. The normalized spacial score (nSPS) is 14.3. The third kappa shape index (κ3) is 6.06. The van der Waals surface area contributed by atoms with E-state index in [4.69, 9.17) is 37.4 Å². The molecule has 0 N–H and O–H groups in total. The van der Waals surface area contributed by atoms with Crippen LogP contribution in [0.4, 0.5) is 4.79 Å². The Morgan fingerprint density at radius 1 is 1.03 bits per heavy atom. The summed E-state index contributed by atoms with van der Waals surface area (Å²) in [6.07, 6.45) is 1.58. The first-order valence-electron chi connectivity index (χ1n) is 10.6. The Morgan fingerprint density at radius 3 is 2.32 bits per heavy atom. The molecule has 0 saturated carbocycles. The highest BCUT2D eigenvalue weighted by atomic mass is 127. The molecule has 1 aliphatic rings. The van der Waals surface area contributed by atoms with Gasteiger partial charge in [-0.3, -0.25) is 14.5 Å². The molecule has 1 aliphatic heterocycles. The zero-order valence-corrected chi connectivity index (χ0v) is 23.9. The number of halogens is 3. The SMILES string of the molecule is COc1ccc(C(=O)Oc2c(I)cc(/C=C3\SC(=O)N(Cc4c(Cl)cccc4Cl)C3=O)cc2OC)cc1. The molecule has 0 unspecified atom stereocenters. The fraction of sp³-hybridized carbons (Fsp3) is 0.115. The number of carbonyl (C=O) groups excluding carboxylic acids is 3. The van der Waals surface area contributed by atoms with Crippen LogP contribution >= 0.6 is 57.6 Å². The smallest absolute Gasteiger partial charge is 0.343 e. The molecule has 3 aromatic carbocycles. The number of imide groups is 1. The number of nitrogens with zero attached hydrogens (tertiary/aromatic N) is 1. The van der Waals surface area contributed by atoms with Gasteiger partial charge in [-0.15, -0.1) is 0 Å². The summed E-state index contributed by atoms with van der Waals surface area (Å²) in [6.45, 7) is -0.0401. The van der Waals surface area contributed by atoms with Crippen LogP contribution in [0.25, 0.3) is 6.08 Å². The predicted molar refractivity (Wildman–Crippen MR) is 152 cm³/mol. The van der Waals surface area contributed by atoms with Gasteiger partial charge in [-0.25, -0.2) is 4.79 Å². The van der Waals surface area contributed by atoms with Gasteiger partial charge < -0.3 is 14.2 Å². The van der Waals surface area contributed by atoms with Crippen LogP contribution in [0.3, 0.4) is 0 Å². The fourth-order valence-electron chi connectivity index (χ4n) is 3.43. The molecular formula is C26H18Cl2INO6S. The summed E-state index contributed by atoms with van der Waals surface area (Å²) < 4.78 is 16.7. The number of hydrogen-bond acceptors (Lipinski definition) is 7. The maximum Gasteiger partial charge on any atom is 0.343 e. The summed E-state index contributed by atoms with van der Waals surface area (Å²) in [6, 6.07) is 14.8. The molecule has 1 saturated heterocycles. The maximum atomic E-state index is 13.0. The Bertz CT molecular complexity index is 1410. The molecule has 190 valence electrons. The van der Waals surface area contributed by atoms with E-state index in [0.717, 1.165) is 16.7 Å². The molecule has 0 bridgehead atoms. The minimum Gasteiger partial charge on any atom is -0.497 e. The molecule has 1 fully saturated rings. The van der Waals surface area contributed by atoms with Crippen LogP contribution in [0, 0.1) is 3.57 Å². The minimum atomic E-state index is -0.564. The van der Waals surface area contributed by atoms with Gasteiger partial charge in [0, 0.05) is 15.6 Å². The lowest BCUT2D eigenvalue weighted by Gasteiger charge is -2.15. The monoisotopic (exact) mass is 669 g/mol. The zero-order chi connectivity index (χ0) is 26.7. The van der Waals surface area contributed by atoms with Gasteiger partial charge in [0.15, 0.2) is 11.5 Å².